The molecule has 1 aliphatic rings. The minimum Gasteiger partial charge on any atom is -0.327 e. The highest BCUT2D eigenvalue weighted by atomic mass is 14.6. The van der Waals surface area contributed by atoms with Gasteiger partial charge in [-0.15, -0.1) is 0 Å². The summed E-state index contributed by atoms with van der Waals surface area (Å²) in [6.45, 7) is 4.35. The highest BCUT2D eigenvalue weighted by Crippen LogP contribution is 2.27. The van der Waals surface area contributed by atoms with Gasteiger partial charge in [0.2, 0.25) is 0 Å². The van der Waals surface area contributed by atoms with E-state index in [1.807, 2.05) is 0 Å². The van der Waals surface area contributed by atoms with E-state index in [2.05, 4.69) is 38.1 Å². The molecule has 0 heterocycles. The van der Waals surface area contributed by atoms with Crippen LogP contribution in [0.1, 0.15) is 36.0 Å². The molecular formula is C14H19N. The van der Waals surface area contributed by atoms with E-state index in [0.29, 0.717) is 6.04 Å². The lowest BCUT2D eigenvalue weighted by molar-refractivity contribution is 0.711. The molecule has 1 nitrogen and oxygen atoms in total. The van der Waals surface area contributed by atoms with E-state index in [4.69, 9.17) is 5.73 Å². The van der Waals surface area contributed by atoms with E-state index in [-0.39, 0.29) is 0 Å². The molecular weight excluding hydrogens is 182 g/mol. The monoisotopic (exact) mass is 201 g/mol. The van der Waals surface area contributed by atoms with Gasteiger partial charge in [0.15, 0.2) is 0 Å². The first-order chi connectivity index (χ1) is 7.16. The summed E-state index contributed by atoms with van der Waals surface area (Å²) in [5.41, 5.74) is 11.5. The van der Waals surface area contributed by atoms with Crippen molar-refractivity contribution in [3.63, 3.8) is 0 Å². The van der Waals surface area contributed by atoms with Crippen LogP contribution in [0.3, 0.4) is 0 Å². The zero-order valence-corrected chi connectivity index (χ0v) is 9.59. The summed E-state index contributed by atoms with van der Waals surface area (Å²) in [6, 6.07) is 6.86. The predicted octanol–water partition coefficient (Wildman–Crippen LogP) is 3.20. The fourth-order valence-electron chi connectivity index (χ4n) is 2.30. The van der Waals surface area contributed by atoms with Crippen LogP contribution in [0.2, 0.25) is 0 Å². The van der Waals surface area contributed by atoms with Gasteiger partial charge in [-0.1, -0.05) is 29.8 Å². The molecule has 2 rings (SSSR count). The Morgan fingerprint density at radius 3 is 2.47 bits per heavy atom. The van der Waals surface area contributed by atoms with Crippen molar-refractivity contribution >= 4 is 6.08 Å². The first-order valence-electron chi connectivity index (χ1n) is 5.68. The molecule has 1 unspecified atom stereocenters. The van der Waals surface area contributed by atoms with Crippen molar-refractivity contribution in [2.75, 3.05) is 0 Å². The molecule has 1 saturated carbocycles. The van der Waals surface area contributed by atoms with E-state index in [1.54, 1.807) is 0 Å². The number of hydrogen-bond acceptors (Lipinski definition) is 1. The van der Waals surface area contributed by atoms with Crippen molar-refractivity contribution in [1.82, 2.24) is 0 Å². The largest absolute Gasteiger partial charge is 0.327 e. The summed E-state index contributed by atoms with van der Waals surface area (Å²) in [5.74, 6) is 0. The van der Waals surface area contributed by atoms with E-state index in [1.165, 1.54) is 28.7 Å². The number of nitrogens with two attached hydrogens (primary N) is 1. The van der Waals surface area contributed by atoms with Crippen molar-refractivity contribution < 1.29 is 0 Å². The van der Waals surface area contributed by atoms with Crippen molar-refractivity contribution in [3.8, 4) is 0 Å². The molecule has 2 N–H and O–H groups in total. The van der Waals surface area contributed by atoms with Crippen LogP contribution in [0.25, 0.3) is 6.08 Å². The molecule has 0 amide bonds. The third-order valence-electron chi connectivity index (χ3n) is 3.25. The molecule has 0 radical (unpaired) electrons. The van der Waals surface area contributed by atoms with Crippen molar-refractivity contribution in [1.29, 1.82) is 0 Å². The summed E-state index contributed by atoms with van der Waals surface area (Å²) >= 11 is 0. The van der Waals surface area contributed by atoms with Crippen LogP contribution in [0.5, 0.6) is 0 Å². The minimum absolute atomic E-state index is 0.389. The first-order valence-corrected chi connectivity index (χ1v) is 5.68. The predicted molar refractivity (Wildman–Crippen MR) is 65.7 cm³/mol. The third kappa shape index (κ3) is 2.29. The Hall–Kier alpha value is -1.08. The van der Waals surface area contributed by atoms with Gasteiger partial charge in [-0.2, -0.15) is 0 Å². The molecule has 0 aromatic heterocycles. The highest BCUT2D eigenvalue weighted by molar-refractivity contribution is 5.60. The van der Waals surface area contributed by atoms with Crippen molar-refractivity contribution in [2.24, 2.45) is 5.73 Å². The summed E-state index contributed by atoms with van der Waals surface area (Å²) in [6.07, 6.45) is 5.75. The van der Waals surface area contributed by atoms with Gasteiger partial charge in [-0.3, -0.25) is 0 Å². The molecule has 1 aromatic carbocycles. The smallest absolute Gasteiger partial charge is 0.00792 e. The second kappa shape index (κ2) is 4.19. The van der Waals surface area contributed by atoms with Gasteiger partial charge >= 0.3 is 0 Å². The lowest BCUT2D eigenvalue weighted by Gasteiger charge is -2.06. The van der Waals surface area contributed by atoms with Crippen LogP contribution < -0.4 is 5.73 Å². The second-order valence-corrected chi connectivity index (χ2v) is 4.61. The number of benzene rings is 1. The summed E-state index contributed by atoms with van der Waals surface area (Å²) in [5, 5.41) is 0. The molecule has 1 aromatic rings. The highest BCUT2D eigenvalue weighted by Gasteiger charge is 2.15. The summed E-state index contributed by atoms with van der Waals surface area (Å²) < 4.78 is 0. The number of rotatable bonds is 1. The quantitative estimate of drug-likeness (QED) is 0.742. The molecule has 0 spiro atoms. The van der Waals surface area contributed by atoms with Gasteiger partial charge in [-0.25, -0.2) is 0 Å². The fraction of sp³-hybridized carbons (Fsp3) is 0.429. The minimum atomic E-state index is 0.389. The van der Waals surface area contributed by atoms with E-state index in [0.717, 1.165) is 12.8 Å². The van der Waals surface area contributed by atoms with Gasteiger partial charge in [0.25, 0.3) is 0 Å². The first kappa shape index (κ1) is 10.4. The maximum absolute atomic E-state index is 5.91. The third-order valence-corrected chi connectivity index (χ3v) is 3.25. The van der Waals surface area contributed by atoms with E-state index < -0.39 is 0 Å². The number of hydrogen-bond donors (Lipinski definition) is 1. The zero-order chi connectivity index (χ0) is 10.8. The molecule has 15 heavy (non-hydrogen) atoms. The maximum atomic E-state index is 5.91. The van der Waals surface area contributed by atoms with Crippen LogP contribution >= 0.6 is 0 Å². The molecule has 80 valence electrons. The Labute approximate surface area is 92.0 Å². The lowest BCUT2D eigenvalue weighted by atomic mass is 10.00. The normalized spacial score (nSPS) is 23.7. The van der Waals surface area contributed by atoms with Gasteiger partial charge in [0.05, 0.1) is 0 Å². The fourth-order valence-corrected chi connectivity index (χ4v) is 2.30. The molecule has 1 heteroatoms. The Kier molecular flexibility index (Phi) is 2.92. The average Bonchev–Trinajstić information content (AvgIpc) is 2.58. The van der Waals surface area contributed by atoms with Crippen LogP contribution in [0.4, 0.5) is 0 Å². The lowest BCUT2D eigenvalue weighted by Crippen LogP contribution is -2.13. The van der Waals surface area contributed by atoms with Gasteiger partial charge in [0, 0.05) is 6.04 Å². The Morgan fingerprint density at radius 1 is 1.27 bits per heavy atom. The summed E-state index contributed by atoms with van der Waals surface area (Å²) in [4.78, 5) is 0. The average molecular weight is 201 g/mol. The van der Waals surface area contributed by atoms with E-state index >= 15 is 0 Å². The molecule has 0 bridgehead atoms. The molecule has 0 saturated heterocycles. The van der Waals surface area contributed by atoms with Crippen molar-refractivity contribution in [3.05, 3.63) is 40.5 Å². The van der Waals surface area contributed by atoms with Crippen LogP contribution in [0.15, 0.2) is 23.8 Å². The van der Waals surface area contributed by atoms with Crippen molar-refractivity contribution in [2.45, 2.75) is 39.2 Å². The van der Waals surface area contributed by atoms with Crippen LogP contribution in [-0.4, -0.2) is 6.04 Å². The van der Waals surface area contributed by atoms with Gasteiger partial charge in [0.1, 0.15) is 0 Å². The van der Waals surface area contributed by atoms with Crippen LogP contribution in [0, 0.1) is 13.8 Å². The molecule has 1 fully saturated rings. The second-order valence-electron chi connectivity index (χ2n) is 4.61. The maximum Gasteiger partial charge on any atom is 0.00792 e. The zero-order valence-electron chi connectivity index (χ0n) is 9.59. The Morgan fingerprint density at radius 2 is 1.93 bits per heavy atom. The Bertz CT molecular complexity index is 370. The standard InChI is InChI=1S/C14H19N/c1-10-4-3-5-11(2)14(10)9-12-6-7-13(15)8-12/h3-5,9,13H,6-8,15H2,1-2H3/b12-9-. The molecule has 1 aliphatic carbocycles. The Balaban J connectivity index is 2.31. The van der Waals surface area contributed by atoms with Gasteiger partial charge in [-0.05, 0) is 49.8 Å². The topological polar surface area (TPSA) is 26.0 Å². The van der Waals surface area contributed by atoms with Gasteiger partial charge < -0.3 is 5.73 Å². The molecule has 1 atom stereocenters. The van der Waals surface area contributed by atoms with E-state index in [9.17, 15) is 0 Å². The van der Waals surface area contributed by atoms with Crippen LogP contribution in [-0.2, 0) is 0 Å². The number of aryl methyl sites for hydroxylation is 2. The summed E-state index contributed by atoms with van der Waals surface area (Å²) in [7, 11) is 0. The SMILES string of the molecule is Cc1cccc(C)c1/C=C1/CCC(N)C1. The molecule has 0 aliphatic heterocycles.